The summed E-state index contributed by atoms with van der Waals surface area (Å²) in [6.45, 7) is 3.52. The Balaban J connectivity index is 4.02. The summed E-state index contributed by atoms with van der Waals surface area (Å²) in [5.74, 6) is -1.46. The van der Waals surface area contributed by atoms with E-state index in [1.54, 1.807) is 13.8 Å². The first-order chi connectivity index (χ1) is 7.51. The van der Waals surface area contributed by atoms with Gasteiger partial charge in [0.05, 0.1) is 12.0 Å². The Morgan fingerprint density at radius 2 is 2.25 bits per heavy atom. The fraction of sp³-hybridized carbons (Fsp3) is 0.667. The predicted molar refractivity (Wildman–Crippen MR) is 54.1 cm³/mol. The second-order valence-electron chi connectivity index (χ2n) is 3.16. The number of nitrogens with zero attached hydrogens (tertiary/aromatic N) is 2. The van der Waals surface area contributed by atoms with Crippen LogP contribution in [0.1, 0.15) is 13.8 Å². The van der Waals surface area contributed by atoms with Crippen LogP contribution in [-0.4, -0.2) is 41.7 Å². The van der Waals surface area contributed by atoms with Crippen molar-refractivity contribution in [1.29, 1.82) is 5.26 Å². The summed E-state index contributed by atoms with van der Waals surface area (Å²) in [5, 5.41) is 16.9. The molecule has 0 saturated carbocycles. The molecule has 0 aliphatic carbocycles. The molecule has 90 valence electrons. The van der Waals surface area contributed by atoms with E-state index in [4.69, 9.17) is 10.4 Å². The van der Waals surface area contributed by atoms with E-state index in [0.717, 1.165) is 0 Å². The van der Waals surface area contributed by atoms with Crippen molar-refractivity contribution in [2.75, 3.05) is 19.7 Å². The van der Waals surface area contributed by atoms with Crippen LogP contribution in [0, 0.1) is 17.2 Å². The van der Waals surface area contributed by atoms with Crippen molar-refractivity contribution in [3.05, 3.63) is 0 Å². The van der Waals surface area contributed by atoms with Gasteiger partial charge in [-0.3, -0.25) is 4.84 Å². The van der Waals surface area contributed by atoms with Gasteiger partial charge in [0.1, 0.15) is 0 Å². The molecule has 7 nitrogen and oxygen atoms in total. The monoisotopic (exact) mass is 229 g/mol. The molecular formula is C9H15N3O4. The van der Waals surface area contributed by atoms with Crippen molar-refractivity contribution in [2.45, 2.75) is 13.8 Å². The number of hydroxylamine groups is 1. The molecule has 7 heteroatoms. The third kappa shape index (κ3) is 5.82. The van der Waals surface area contributed by atoms with E-state index in [0.29, 0.717) is 6.54 Å². The van der Waals surface area contributed by atoms with Gasteiger partial charge in [0.25, 0.3) is 0 Å². The fourth-order valence-corrected chi connectivity index (χ4v) is 0.951. The second kappa shape index (κ2) is 7.48. The van der Waals surface area contributed by atoms with Crippen molar-refractivity contribution < 1.29 is 19.5 Å². The summed E-state index contributed by atoms with van der Waals surface area (Å²) >= 11 is 0. The molecule has 0 heterocycles. The highest BCUT2D eigenvalue weighted by molar-refractivity contribution is 5.73. The number of urea groups is 1. The van der Waals surface area contributed by atoms with Crippen LogP contribution in [0.2, 0.25) is 0 Å². The van der Waals surface area contributed by atoms with Gasteiger partial charge in [0, 0.05) is 13.1 Å². The summed E-state index contributed by atoms with van der Waals surface area (Å²) in [5.41, 5.74) is 1.99. The number of carboxylic acids is 1. The van der Waals surface area contributed by atoms with E-state index in [1.165, 1.54) is 4.90 Å². The number of nitriles is 1. The Morgan fingerprint density at radius 1 is 1.62 bits per heavy atom. The largest absolute Gasteiger partial charge is 0.479 e. The number of carboxylic acid groups (broad SMARTS) is 1. The number of nitrogens with one attached hydrogen (secondary N) is 1. The van der Waals surface area contributed by atoms with Gasteiger partial charge in [-0.05, 0) is 13.8 Å². The highest BCUT2D eigenvalue weighted by Crippen LogP contribution is 1.98. The minimum absolute atomic E-state index is 0.273. The first-order valence-corrected chi connectivity index (χ1v) is 4.79. The Bertz CT molecular complexity index is 287. The molecule has 0 aromatic heterocycles. The highest BCUT2D eigenvalue weighted by Gasteiger charge is 2.14. The lowest BCUT2D eigenvalue weighted by Crippen LogP contribution is -2.42. The van der Waals surface area contributed by atoms with Crippen LogP contribution in [-0.2, 0) is 9.63 Å². The van der Waals surface area contributed by atoms with Gasteiger partial charge in [-0.25, -0.2) is 15.1 Å². The predicted octanol–water partition coefficient (Wildman–Crippen LogP) is 0.194. The van der Waals surface area contributed by atoms with E-state index in [-0.39, 0.29) is 12.5 Å². The van der Waals surface area contributed by atoms with E-state index in [1.807, 2.05) is 11.5 Å². The van der Waals surface area contributed by atoms with E-state index < -0.39 is 18.6 Å². The molecule has 0 aliphatic heterocycles. The minimum Gasteiger partial charge on any atom is -0.479 e. The zero-order valence-corrected chi connectivity index (χ0v) is 9.27. The molecule has 0 aromatic rings. The topological polar surface area (TPSA) is 103 Å². The molecule has 2 amide bonds. The number of amides is 2. The molecular weight excluding hydrogens is 214 g/mol. The third-order valence-electron chi connectivity index (χ3n) is 1.74. The average molecular weight is 229 g/mol. The number of hydrogen-bond acceptors (Lipinski definition) is 4. The molecule has 0 bridgehead atoms. The van der Waals surface area contributed by atoms with Crippen LogP contribution in [0.4, 0.5) is 4.79 Å². The lowest BCUT2D eigenvalue weighted by atomic mass is 10.2. The van der Waals surface area contributed by atoms with Gasteiger partial charge in [-0.15, -0.1) is 0 Å². The Morgan fingerprint density at radius 3 is 2.69 bits per heavy atom. The first-order valence-electron chi connectivity index (χ1n) is 4.79. The summed E-state index contributed by atoms with van der Waals surface area (Å²) < 4.78 is 0. The summed E-state index contributed by atoms with van der Waals surface area (Å²) in [7, 11) is 0. The molecule has 0 aromatic carbocycles. The van der Waals surface area contributed by atoms with E-state index in [9.17, 15) is 9.59 Å². The molecule has 0 radical (unpaired) electrons. The van der Waals surface area contributed by atoms with Gasteiger partial charge >= 0.3 is 12.0 Å². The maximum absolute atomic E-state index is 11.4. The number of rotatable bonds is 6. The van der Waals surface area contributed by atoms with E-state index >= 15 is 0 Å². The Hall–Kier alpha value is -1.81. The van der Waals surface area contributed by atoms with Gasteiger partial charge in [-0.2, -0.15) is 5.26 Å². The van der Waals surface area contributed by atoms with Crippen molar-refractivity contribution in [2.24, 2.45) is 5.92 Å². The lowest BCUT2D eigenvalue weighted by Gasteiger charge is -2.21. The van der Waals surface area contributed by atoms with Gasteiger partial charge in [-0.1, -0.05) is 0 Å². The number of carbonyl (C=O) groups excluding carboxylic acids is 1. The highest BCUT2D eigenvalue weighted by atomic mass is 16.7. The van der Waals surface area contributed by atoms with Crippen LogP contribution in [0.15, 0.2) is 0 Å². The van der Waals surface area contributed by atoms with Crippen molar-refractivity contribution in [3.8, 4) is 6.07 Å². The quantitative estimate of drug-likeness (QED) is 0.633. The summed E-state index contributed by atoms with van der Waals surface area (Å²) in [6.07, 6.45) is 0. The van der Waals surface area contributed by atoms with Crippen molar-refractivity contribution >= 4 is 12.0 Å². The van der Waals surface area contributed by atoms with E-state index in [2.05, 4.69) is 4.84 Å². The van der Waals surface area contributed by atoms with Gasteiger partial charge in [0.2, 0.25) is 0 Å². The molecule has 0 spiro atoms. The maximum atomic E-state index is 11.4. The normalized spacial score (nSPS) is 11.3. The van der Waals surface area contributed by atoms with Gasteiger partial charge in [0.15, 0.2) is 6.61 Å². The number of hydrogen-bond donors (Lipinski definition) is 2. The Labute approximate surface area is 93.5 Å². The Kier molecular flexibility index (Phi) is 6.63. The maximum Gasteiger partial charge on any atom is 0.341 e. The number of aliphatic carboxylic acids is 1. The van der Waals surface area contributed by atoms with Crippen molar-refractivity contribution in [3.63, 3.8) is 0 Å². The third-order valence-corrected chi connectivity index (χ3v) is 1.74. The molecule has 0 rings (SSSR count). The zero-order valence-electron chi connectivity index (χ0n) is 9.27. The van der Waals surface area contributed by atoms with Crippen LogP contribution in [0.5, 0.6) is 0 Å². The first kappa shape index (κ1) is 14.2. The van der Waals surface area contributed by atoms with Crippen LogP contribution < -0.4 is 5.48 Å². The molecule has 0 aliphatic rings. The van der Waals surface area contributed by atoms with Crippen LogP contribution in [0.3, 0.4) is 0 Å². The van der Waals surface area contributed by atoms with Gasteiger partial charge < -0.3 is 10.0 Å². The molecule has 0 fully saturated rings. The SMILES string of the molecule is CCN(CC(C)C#N)C(=O)NOCC(=O)O. The number of carbonyl (C=O) groups is 2. The van der Waals surface area contributed by atoms with Crippen LogP contribution in [0.25, 0.3) is 0 Å². The smallest absolute Gasteiger partial charge is 0.341 e. The summed E-state index contributed by atoms with van der Waals surface area (Å²) in [6, 6.07) is 1.45. The fourth-order valence-electron chi connectivity index (χ4n) is 0.951. The molecule has 0 saturated heterocycles. The second-order valence-corrected chi connectivity index (χ2v) is 3.16. The summed E-state index contributed by atoms with van der Waals surface area (Å²) in [4.78, 5) is 27.3. The lowest BCUT2D eigenvalue weighted by molar-refractivity contribution is -0.144. The zero-order chi connectivity index (χ0) is 12.6. The van der Waals surface area contributed by atoms with Crippen LogP contribution >= 0.6 is 0 Å². The molecule has 2 N–H and O–H groups in total. The molecule has 1 unspecified atom stereocenters. The molecule has 16 heavy (non-hydrogen) atoms. The van der Waals surface area contributed by atoms with Crippen molar-refractivity contribution in [1.82, 2.24) is 10.4 Å². The molecule has 1 atom stereocenters. The standard InChI is InChI=1S/C9H15N3O4/c1-3-12(5-7(2)4-10)9(15)11-16-6-8(13)14/h7H,3,5-6H2,1-2H3,(H,11,15)(H,13,14). The average Bonchev–Trinajstić information content (AvgIpc) is 2.24. The minimum atomic E-state index is -1.17.